The van der Waals surface area contributed by atoms with Crippen LogP contribution in [-0.2, 0) is 0 Å². The average molecular weight is 377 g/mol. The van der Waals surface area contributed by atoms with E-state index in [9.17, 15) is 0 Å². The Hall–Kier alpha value is -3.50. The largest absolute Gasteiger partial charge is 0.276 e. The van der Waals surface area contributed by atoms with Gasteiger partial charge in [-0.3, -0.25) is 4.57 Å². The summed E-state index contributed by atoms with van der Waals surface area (Å²) in [4.78, 5) is 9.49. The molecule has 0 fully saturated rings. The van der Waals surface area contributed by atoms with Gasteiger partial charge in [0.25, 0.3) is 0 Å². The van der Waals surface area contributed by atoms with Crippen LogP contribution in [0.5, 0.6) is 0 Å². The summed E-state index contributed by atoms with van der Waals surface area (Å²) in [5.41, 5.74) is 4.45. The smallest absolute Gasteiger partial charge is 0.234 e. The highest BCUT2D eigenvalue weighted by molar-refractivity contribution is 7.18. The van der Waals surface area contributed by atoms with Gasteiger partial charge in [0.1, 0.15) is 0 Å². The number of benzene rings is 3. The van der Waals surface area contributed by atoms with Gasteiger partial charge < -0.3 is 0 Å². The van der Waals surface area contributed by atoms with Crippen molar-refractivity contribution in [3.63, 3.8) is 0 Å². The van der Waals surface area contributed by atoms with Gasteiger partial charge in [-0.05, 0) is 28.5 Å². The molecule has 4 heteroatoms. The van der Waals surface area contributed by atoms with E-state index in [0.717, 1.165) is 16.6 Å². The summed E-state index contributed by atoms with van der Waals surface area (Å²) in [7, 11) is 0. The summed E-state index contributed by atoms with van der Waals surface area (Å²) in [6.07, 6.45) is 3.82. The number of rotatable bonds is 2. The maximum Gasteiger partial charge on any atom is 0.234 e. The van der Waals surface area contributed by atoms with Gasteiger partial charge in [0, 0.05) is 28.7 Å². The standard InChI is InChI=1S/C24H15N3S/c1-2-6-16(7-3-1)18-14-25-24(26-15-18)27-21-9-5-4-8-19(21)20-11-10-17-12-13-28-23(17)22(20)27/h1-15H. The summed E-state index contributed by atoms with van der Waals surface area (Å²) in [6, 6.07) is 25.3. The molecule has 3 aromatic carbocycles. The van der Waals surface area contributed by atoms with Crippen LogP contribution in [0.3, 0.4) is 0 Å². The fourth-order valence-electron chi connectivity index (χ4n) is 3.90. The van der Waals surface area contributed by atoms with Gasteiger partial charge in [0.05, 0.1) is 15.7 Å². The minimum atomic E-state index is 0.701. The Morgan fingerprint density at radius 2 is 1.46 bits per heavy atom. The SMILES string of the molecule is c1ccc(-c2cnc(-n3c4ccccc4c4ccc5ccsc5c43)nc2)cc1. The molecule has 28 heavy (non-hydrogen) atoms. The van der Waals surface area contributed by atoms with Crippen molar-refractivity contribution in [1.82, 2.24) is 14.5 Å². The molecule has 0 bridgehead atoms. The quantitative estimate of drug-likeness (QED) is 0.347. The van der Waals surface area contributed by atoms with Crippen LogP contribution < -0.4 is 0 Å². The van der Waals surface area contributed by atoms with Crippen LogP contribution in [0.25, 0.3) is 49.0 Å². The normalized spacial score (nSPS) is 11.6. The topological polar surface area (TPSA) is 30.7 Å². The molecule has 0 saturated carbocycles. The van der Waals surface area contributed by atoms with Crippen LogP contribution >= 0.6 is 11.3 Å². The third-order valence-corrected chi connectivity index (χ3v) is 6.14. The molecule has 0 aliphatic heterocycles. The van der Waals surface area contributed by atoms with E-state index in [1.165, 1.54) is 26.4 Å². The van der Waals surface area contributed by atoms with E-state index >= 15 is 0 Å². The Labute approximate surface area is 165 Å². The number of hydrogen-bond donors (Lipinski definition) is 0. The van der Waals surface area contributed by atoms with Crippen molar-refractivity contribution in [1.29, 1.82) is 0 Å². The molecule has 6 rings (SSSR count). The lowest BCUT2D eigenvalue weighted by molar-refractivity contribution is 0.993. The first kappa shape index (κ1) is 15.5. The van der Waals surface area contributed by atoms with E-state index in [-0.39, 0.29) is 0 Å². The van der Waals surface area contributed by atoms with Gasteiger partial charge >= 0.3 is 0 Å². The number of thiophene rings is 1. The van der Waals surface area contributed by atoms with Crippen molar-refractivity contribution < 1.29 is 0 Å². The maximum atomic E-state index is 4.75. The summed E-state index contributed by atoms with van der Waals surface area (Å²) in [5.74, 6) is 0.701. The van der Waals surface area contributed by atoms with E-state index < -0.39 is 0 Å². The van der Waals surface area contributed by atoms with Crippen molar-refractivity contribution in [2.75, 3.05) is 0 Å². The van der Waals surface area contributed by atoms with Crippen LogP contribution in [0.2, 0.25) is 0 Å². The molecule has 0 aliphatic rings. The first-order valence-electron chi connectivity index (χ1n) is 9.17. The molecule has 3 heterocycles. The molecular weight excluding hydrogens is 362 g/mol. The second-order valence-corrected chi connectivity index (χ2v) is 7.71. The van der Waals surface area contributed by atoms with E-state index in [0.29, 0.717) is 5.95 Å². The highest BCUT2D eigenvalue weighted by Crippen LogP contribution is 2.37. The second kappa shape index (κ2) is 6.01. The lowest BCUT2D eigenvalue weighted by atomic mass is 10.1. The van der Waals surface area contributed by atoms with Crippen molar-refractivity contribution in [3.05, 3.63) is 90.6 Å². The molecule has 0 N–H and O–H groups in total. The zero-order chi connectivity index (χ0) is 18.5. The highest BCUT2D eigenvalue weighted by atomic mass is 32.1. The van der Waals surface area contributed by atoms with Crippen LogP contribution in [0.15, 0.2) is 90.6 Å². The molecule has 3 aromatic heterocycles. The minimum Gasteiger partial charge on any atom is -0.276 e. The summed E-state index contributed by atoms with van der Waals surface area (Å²) < 4.78 is 3.46. The lowest BCUT2D eigenvalue weighted by Gasteiger charge is -2.07. The molecule has 0 atom stereocenters. The van der Waals surface area contributed by atoms with E-state index in [2.05, 4.69) is 64.5 Å². The van der Waals surface area contributed by atoms with Gasteiger partial charge in [0.2, 0.25) is 5.95 Å². The van der Waals surface area contributed by atoms with E-state index in [1.54, 1.807) is 11.3 Å². The maximum absolute atomic E-state index is 4.75. The summed E-state index contributed by atoms with van der Waals surface area (Å²) in [6.45, 7) is 0. The van der Waals surface area contributed by atoms with Gasteiger partial charge in [-0.2, -0.15) is 0 Å². The number of para-hydroxylation sites is 1. The monoisotopic (exact) mass is 377 g/mol. The van der Waals surface area contributed by atoms with Crippen molar-refractivity contribution in [3.8, 4) is 17.1 Å². The lowest BCUT2D eigenvalue weighted by Crippen LogP contribution is -2.00. The summed E-state index contributed by atoms with van der Waals surface area (Å²) >= 11 is 1.76. The van der Waals surface area contributed by atoms with Gasteiger partial charge in [-0.15, -0.1) is 11.3 Å². The zero-order valence-electron chi connectivity index (χ0n) is 14.9. The van der Waals surface area contributed by atoms with E-state index in [1.807, 2.05) is 30.6 Å². The Morgan fingerprint density at radius 1 is 0.679 bits per heavy atom. The van der Waals surface area contributed by atoms with Crippen LogP contribution in [0.1, 0.15) is 0 Å². The molecule has 3 nitrogen and oxygen atoms in total. The molecule has 0 unspecified atom stereocenters. The molecular formula is C24H15N3S. The Balaban J connectivity index is 1.66. The molecule has 0 aliphatic carbocycles. The zero-order valence-corrected chi connectivity index (χ0v) is 15.7. The Kier molecular flexibility index (Phi) is 3.34. The average Bonchev–Trinajstić information content (AvgIpc) is 3.37. The van der Waals surface area contributed by atoms with Gasteiger partial charge in [0.15, 0.2) is 0 Å². The number of nitrogens with zero attached hydrogens (tertiary/aromatic N) is 3. The highest BCUT2D eigenvalue weighted by Gasteiger charge is 2.16. The fourth-order valence-corrected chi connectivity index (χ4v) is 4.83. The minimum absolute atomic E-state index is 0.701. The Morgan fingerprint density at radius 3 is 2.32 bits per heavy atom. The van der Waals surface area contributed by atoms with Crippen LogP contribution in [-0.4, -0.2) is 14.5 Å². The first-order valence-corrected chi connectivity index (χ1v) is 10.1. The first-order chi connectivity index (χ1) is 13.9. The van der Waals surface area contributed by atoms with Crippen molar-refractivity contribution in [2.24, 2.45) is 0 Å². The predicted octanol–water partition coefficient (Wildman–Crippen LogP) is 6.46. The molecule has 0 radical (unpaired) electrons. The molecule has 0 amide bonds. The van der Waals surface area contributed by atoms with Crippen molar-refractivity contribution >= 4 is 43.2 Å². The van der Waals surface area contributed by atoms with Crippen LogP contribution in [0, 0.1) is 0 Å². The number of hydrogen-bond acceptors (Lipinski definition) is 3. The molecule has 6 aromatic rings. The molecule has 0 spiro atoms. The Bertz CT molecular complexity index is 1440. The van der Waals surface area contributed by atoms with Crippen LogP contribution in [0.4, 0.5) is 0 Å². The second-order valence-electron chi connectivity index (χ2n) is 6.79. The third kappa shape index (κ3) is 2.22. The van der Waals surface area contributed by atoms with E-state index in [4.69, 9.17) is 9.97 Å². The van der Waals surface area contributed by atoms with Gasteiger partial charge in [-0.1, -0.05) is 60.7 Å². The number of aromatic nitrogens is 3. The predicted molar refractivity (Wildman–Crippen MR) is 117 cm³/mol. The molecule has 0 saturated heterocycles. The number of fused-ring (bicyclic) bond motifs is 5. The molecule has 132 valence electrons. The fraction of sp³-hybridized carbons (Fsp3) is 0. The third-order valence-electron chi connectivity index (χ3n) is 5.20. The summed E-state index contributed by atoms with van der Waals surface area (Å²) in [5, 5.41) is 5.86. The van der Waals surface area contributed by atoms with Crippen molar-refractivity contribution in [2.45, 2.75) is 0 Å². The van der Waals surface area contributed by atoms with Gasteiger partial charge in [-0.25, -0.2) is 9.97 Å².